The van der Waals surface area contributed by atoms with E-state index in [4.69, 9.17) is 18.7 Å². The molecule has 0 atom stereocenters. The monoisotopic (exact) mass is 441 g/mol. The highest BCUT2D eigenvalue weighted by Gasteiger charge is 2.17. The predicted octanol–water partition coefficient (Wildman–Crippen LogP) is 5.22. The van der Waals surface area contributed by atoms with Crippen molar-refractivity contribution in [3.8, 4) is 17.2 Å². The van der Waals surface area contributed by atoms with Gasteiger partial charge in [0.2, 0.25) is 0 Å². The molecule has 4 rings (SSSR count). The Labute approximate surface area is 183 Å². The Kier molecular flexibility index (Phi) is 6.08. The van der Waals surface area contributed by atoms with Gasteiger partial charge in [-0.1, -0.05) is 11.2 Å². The molecule has 2 aromatic heterocycles. The van der Waals surface area contributed by atoms with Crippen LogP contribution in [-0.4, -0.2) is 35.7 Å². The SMILES string of the molecule is COc1cc2c(NSc3c(OC)cccc3OC(C)C)noc2cc1Nc1ccn[nH]1. The van der Waals surface area contributed by atoms with Gasteiger partial charge in [-0.3, -0.25) is 5.10 Å². The number of hydrogen-bond acceptors (Lipinski definition) is 9. The molecule has 4 aromatic rings. The van der Waals surface area contributed by atoms with Gasteiger partial charge in [-0.15, -0.1) is 0 Å². The lowest BCUT2D eigenvalue weighted by atomic mass is 10.2. The first kappa shape index (κ1) is 20.7. The molecule has 0 amide bonds. The molecule has 9 nitrogen and oxygen atoms in total. The van der Waals surface area contributed by atoms with Crippen molar-refractivity contribution in [3.63, 3.8) is 0 Å². The van der Waals surface area contributed by atoms with E-state index in [1.165, 1.54) is 11.9 Å². The van der Waals surface area contributed by atoms with Gasteiger partial charge in [0.1, 0.15) is 28.0 Å². The molecule has 2 heterocycles. The number of nitrogens with zero attached hydrogens (tertiary/aromatic N) is 2. The molecule has 0 unspecified atom stereocenters. The Morgan fingerprint density at radius 3 is 2.58 bits per heavy atom. The number of aromatic nitrogens is 3. The molecule has 0 bridgehead atoms. The highest BCUT2D eigenvalue weighted by molar-refractivity contribution is 8.00. The maximum Gasteiger partial charge on any atom is 0.187 e. The molecule has 0 aliphatic carbocycles. The van der Waals surface area contributed by atoms with Crippen LogP contribution < -0.4 is 24.2 Å². The molecular weight excluding hydrogens is 418 g/mol. The number of methoxy groups -OCH3 is 2. The van der Waals surface area contributed by atoms with Crippen LogP contribution in [0.15, 0.2) is 52.0 Å². The second kappa shape index (κ2) is 9.09. The molecule has 31 heavy (non-hydrogen) atoms. The number of fused-ring (bicyclic) bond motifs is 1. The molecule has 0 saturated heterocycles. The van der Waals surface area contributed by atoms with E-state index in [1.807, 2.05) is 50.2 Å². The van der Waals surface area contributed by atoms with Crippen molar-refractivity contribution in [1.82, 2.24) is 15.4 Å². The quantitative estimate of drug-likeness (QED) is 0.301. The number of aromatic amines is 1. The summed E-state index contributed by atoms with van der Waals surface area (Å²) in [5.41, 5.74) is 1.33. The van der Waals surface area contributed by atoms with Crippen LogP contribution in [0.3, 0.4) is 0 Å². The molecule has 0 aliphatic heterocycles. The van der Waals surface area contributed by atoms with E-state index >= 15 is 0 Å². The van der Waals surface area contributed by atoms with Crippen LogP contribution in [0, 0.1) is 0 Å². The van der Waals surface area contributed by atoms with Gasteiger partial charge >= 0.3 is 0 Å². The van der Waals surface area contributed by atoms with Crippen molar-refractivity contribution >= 4 is 40.2 Å². The van der Waals surface area contributed by atoms with Gasteiger partial charge in [-0.25, -0.2) is 0 Å². The first-order chi connectivity index (χ1) is 15.1. The van der Waals surface area contributed by atoms with E-state index in [0.29, 0.717) is 22.9 Å². The predicted molar refractivity (Wildman–Crippen MR) is 121 cm³/mol. The number of rotatable bonds is 9. The molecule has 0 saturated carbocycles. The van der Waals surface area contributed by atoms with E-state index in [9.17, 15) is 0 Å². The van der Waals surface area contributed by atoms with Crippen LogP contribution >= 0.6 is 11.9 Å². The number of ether oxygens (including phenoxy) is 3. The van der Waals surface area contributed by atoms with Gasteiger partial charge in [-0.05, 0) is 44.0 Å². The van der Waals surface area contributed by atoms with Crippen LogP contribution in [0.4, 0.5) is 17.3 Å². The number of nitrogens with one attached hydrogen (secondary N) is 3. The standard InChI is InChI=1S/C21H23N5O4S/c1-12(2)29-16-7-5-6-15(27-3)20(16)31-26-21-13-10-18(28-4)14(11-17(13)30-25-21)23-19-8-9-22-24-19/h5-12H,1-4H3,(H,25,26)(H2,22,23,24). The second-order valence-electron chi connectivity index (χ2n) is 6.83. The highest BCUT2D eigenvalue weighted by Crippen LogP contribution is 2.41. The van der Waals surface area contributed by atoms with E-state index in [2.05, 4.69) is 25.4 Å². The van der Waals surface area contributed by atoms with E-state index in [0.717, 1.165) is 27.5 Å². The van der Waals surface area contributed by atoms with Gasteiger partial charge in [0.25, 0.3) is 0 Å². The smallest absolute Gasteiger partial charge is 0.187 e. The number of H-pyrrole nitrogens is 1. The molecule has 10 heteroatoms. The summed E-state index contributed by atoms with van der Waals surface area (Å²) < 4.78 is 25.8. The average molecular weight is 442 g/mol. The summed E-state index contributed by atoms with van der Waals surface area (Å²) in [6.07, 6.45) is 1.69. The molecule has 0 radical (unpaired) electrons. The molecule has 162 valence electrons. The van der Waals surface area contributed by atoms with Crippen molar-refractivity contribution in [2.75, 3.05) is 24.3 Å². The molecule has 3 N–H and O–H groups in total. The van der Waals surface area contributed by atoms with Gasteiger partial charge in [0.05, 0.1) is 37.6 Å². The highest BCUT2D eigenvalue weighted by atomic mass is 32.2. The number of hydrogen-bond donors (Lipinski definition) is 3. The van der Waals surface area contributed by atoms with Crippen LogP contribution in [0.2, 0.25) is 0 Å². The Hall–Kier alpha value is -3.53. The minimum atomic E-state index is 0.0318. The van der Waals surface area contributed by atoms with Crippen LogP contribution in [0.25, 0.3) is 11.0 Å². The molecule has 0 aliphatic rings. The molecule has 0 fully saturated rings. The topological polar surface area (TPSA) is 106 Å². The van der Waals surface area contributed by atoms with Gasteiger partial charge in [-0.2, -0.15) is 5.10 Å². The Morgan fingerprint density at radius 1 is 1.06 bits per heavy atom. The van der Waals surface area contributed by atoms with Crippen molar-refractivity contribution in [2.45, 2.75) is 24.8 Å². The van der Waals surface area contributed by atoms with Crippen molar-refractivity contribution < 1.29 is 18.7 Å². The van der Waals surface area contributed by atoms with Crippen LogP contribution in [-0.2, 0) is 0 Å². The molecule has 0 spiro atoms. The fraction of sp³-hybridized carbons (Fsp3) is 0.238. The first-order valence-corrected chi connectivity index (χ1v) is 10.4. The lowest BCUT2D eigenvalue weighted by molar-refractivity contribution is 0.234. The Balaban J connectivity index is 1.61. The van der Waals surface area contributed by atoms with Crippen LogP contribution in [0.5, 0.6) is 17.2 Å². The van der Waals surface area contributed by atoms with Crippen molar-refractivity contribution in [3.05, 3.63) is 42.6 Å². The van der Waals surface area contributed by atoms with Gasteiger partial charge in [0.15, 0.2) is 11.4 Å². The summed E-state index contributed by atoms with van der Waals surface area (Å²) in [4.78, 5) is 0.819. The fourth-order valence-electron chi connectivity index (χ4n) is 2.98. The van der Waals surface area contributed by atoms with E-state index < -0.39 is 0 Å². The van der Waals surface area contributed by atoms with Crippen molar-refractivity contribution in [1.29, 1.82) is 0 Å². The zero-order valence-electron chi connectivity index (χ0n) is 17.6. The number of anilines is 3. The summed E-state index contributed by atoms with van der Waals surface area (Å²) in [5, 5.41) is 15.0. The zero-order valence-corrected chi connectivity index (χ0v) is 18.4. The second-order valence-corrected chi connectivity index (χ2v) is 7.65. The minimum Gasteiger partial charge on any atom is -0.495 e. The first-order valence-electron chi connectivity index (χ1n) is 9.59. The molecular formula is C21H23N5O4S. The van der Waals surface area contributed by atoms with Gasteiger partial charge < -0.3 is 28.8 Å². The normalized spacial score (nSPS) is 11.0. The third kappa shape index (κ3) is 4.48. The lowest BCUT2D eigenvalue weighted by Crippen LogP contribution is -2.07. The Bertz CT molecular complexity index is 1160. The fourth-order valence-corrected chi connectivity index (χ4v) is 3.79. The lowest BCUT2D eigenvalue weighted by Gasteiger charge is -2.16. The van der Waals surface area contributed by atoms with Gasteiger partial charge in [0, 0.05) is 12.1 Å². The van der Waals surface area contributed by atoms with E-state index in [-0.39, 0.29) is 6.10 Å². The third-order valence-corrected chi connectivity index (χ3v) is 5.24. The average Bonchev–Trinajstić information content (AvgIpc) is 3.41. The summed E-state index contributed by atoms with van der Waals surface area (Å²) in [6.45, 7) is 3.96. The maximum absolute atomic E-state index is 5.93. The summed E-state index contributed by atoms with van der Waals surface area (Å²) >= 11 is 1.34. The summed E-state index contributed by atoms with van der Waals surface area (Å²) in [5.74, 6) is 3.36. The van der Waals surface area contributed by atoms with Crippen molar-refractivity contribution in [2.24, 2.45) is 0 Å². The number of benzene rings is 2. The largest absolute Gasteiger partial charge is 0.495 e. The summed E-state index contributed by atoms with van der Waals surface area (Å²) in [6, 6.07) is 11.2. The van der Waals surface area contributed by atoms with Crippen LogP contribution in [0.1, 0.15) is 13.8 Å². The Morgan fingerprint density at radius 2 is 1.87 bits per heavy atom. The summed E-state index contributed by atoms with van der Waals surface area (Å²) in [7, 11) is 3.24. The maximum atomic E-state index is 5.93. The third-order valence-electron chi connectivity index (χ3n) is 4.34. The van der Waals surface area contributed by atoms with E-state index in [1.54, 1.807) is 20.4 Å². The molecule has 2 aromatic carbocycles. The zero-order chi connectivity index (χ0) is 21.8. The minimum absolute atomic E-state index is 0.0318.